The predicted molar refractivity (Wildman–Crippen MR) is 213 cm³/mol. The average Bonchev–Trinajstić information content (AvgIpc) is 3.59. The smallest absolute Gasteiger partial charge is 0.211 e. The third kappa shape index (κ3) is 4.02. The van der Waals surface area contributed by atoms with Crippen molar-refractivity contribution in [2.45, 2.75) is 9.79 Å². The molecule has 244 valence electrons. The highest BCUT2D eigenvalue weighted by molar-refractivity contribution is 7.92. The van der Waals surface area contributed by atoms with E-state index < -0.39 is 9.84 Å². The van der Waals surface area contributed by atoms with Crippen LogP contribution in [0.1, 0.15) is 0 Å². The summed E-state index contributed by atoms with van der Waals surface area (Å²) in [6.45, 7) is 0. The molecular weight excluding hydrogens is 657 g/mol. The Morgan fingerprint density at radius 3 is 1.65 bits per heavy atom. The molecule has 0 radical (unpaired) electrons. The third-order valence-corrected chi connectivity index (χ3v) is 12.6. The molecule has 0 saturated heterocycles. The van der Waals surface area contributed by atoms with Gasteiger partial charge >= 0.3 is 0 Å². The maximum atomic E-state index is 15.0. The molecule has 9 aromatic carbocycles. The monoisotopic (exact) mass is 684 g/mol. The summed E-state index contributed by atoms with van der Waals surface area (Å²) in [6, 6.07) is 57.7. The van der Waals surface area contributed by atoms with E-state index in [0.717, 1.165) is 54.6 Å². The van der Waals surface area contributed by atoms with Gasteiger partial charge in [-0.15, -0.1) is 0 Å². The minimum atomic E-state index is -3.97. The van der Waals surface area contributed by atoms with Crippen LogP contribution in [0.25, 0.3) is 93.5 Å². The summed E-state index contributed by atoms with van der Waals surface area (Å²) in [5.41, 5.74) is 6.62. The summed E-state index contributed by atoms with van der Waals surface area (Å²) < 4.78 is 32.1. The minimum absolute atomic E-state index is 0.269. The van der Waals surface area contributed by atoms with Gasteiger partial charge in [-0.05, 0) is 90.1 Å². The second kappa shape index (κ2) is 10.7. The van der Waals surface area contributed by atoms with Gasteiger partial charge in [0.15, 0.2) is 0 Å². The Bertz CT molecular complexity index is 3210. The normalized spacial score (nSPS) is 13.3. The Morgan fingerprint density at radius 2 is 1.00 bits per heavy atom. The number of fused-ring (bicyclic) bond motifs is 6. The van der Waals surface area contributed by atoms with E-state index in [0.29, 0.717) is 33.0 Å². The summed E-state index contributed by atoms with van der Waals surface area (Å²) in [4.78, 5) is 5.66. The van der Waals surface area contributed by atoms with Crippen LogP contribution in [0.3, 0.4) is 0 Å². The zero-order valence-corrected chi connectivity index (χ0v) is 28.6. The van der Waals surface area contributed by atoms with Crippen molar-refractivity contribution in [2.75, 3.05) is 0 Å². The highest BCUT2D eigenvalue weighted by atomic mass is 32.2. The van der Waals surface area contributed by atoms with E-state index in [4.69, 9.17) is 4.98 Å². The van der Waals surface area contributed by atoms with Gasteiger partial charge in [0.2, 0.25) is 9.84 Å². The molecule has 10 aromatic rings. The molecule has 0 aliphatic carbocycles. The largest absolute Gasteiger partial charge is 0.290 e. The van der Waals surface area contributed by atoms with Gasteiger partial charge in [-0.25, -0.2) is 13.4 Å². The van der Waals surface area contributed by atoms with Crippen molar-refractivity contribution in [2.24, 2.45) is 0 Å². The van der Waals surface area contributed by atoms with Crippen LogP contribution in [0.2, 0.25) is 0 Å². The number of sulfone groups is 1. The fourth-order valence-corrected chi connectivity index (χ4v) is 10.3. The Balaban J connectivity index is 1.24. The second-order valence-corrected chi connectivity index (χ2v) is 15.4. The molecule has 1 aromatic heterocycles. The van der Waals surface area contributed by atoms with Gasteiger partial charge in [-0.2, -0.15) is 0 Å². The van der Waals surface area contributed by atoms with Gasteiger partial charge in [0, 0.05) is 11.1 Å². The van der Waals surface area contributed by atoms with Gasteiger partial charge < -0.3 is 0 Å². The fraction of sp³-hybridized carbons (Fsp3) is 0. The lowest BCUT2D eigenvalue weighted by Crippen LogP contribution is -2.16. The Kier molecular flexibility index (Phi) is 6.02. The first kappa shape index (κ1) is 29.2. The van der Waals surface area contributed by atoms with Gasteiger partial charge in [0.1, 0.15) is 10.7 Å². The molecule has 0 bridgehead atoms. The van der Waals surface area contributed by atoms with Crippen molar-refractivity contribution in [3.8, 4) is 39.3 Å². The van der Waals surface area contributed by atoms with Crippen molar-refractivity contribution in [1.82, 2.24) is 9.55 Å². The molecule has 2 heterocycles. The standard InChI is InChI=1S/C47H28N2O2S/c50-52(51)42-22-10-20-40-45(42)49(47(48-40)34-26-24-30-12-2-4-14-32(30)28-34)41-21-9-19-39(46(41)52)44-37-17-7-5-15-35(37)43(36-16-6-8-18-38(36)44)33-25-23-29-11-1-3-13-31(29)27-33/h1-28H. The van der Waals surface area contributed by atoms with Gasteiger partial charge in [-0.1, -0.05) is 140 Å². The van der Waals surface area contributed by atoms with Crippen LogP contribution in [0.5, 0.6) is 0 Å². The zero-order valence-electron chi connectivity index (χ0n) is 27.8. The van der Waals surface area contributed by atoms with Crippen molar-refractivity contribution < 1.29 is 8.42 Å². The van der Waals surface area contributed by atoms with E-state index in [1.165, 1.54) is 10.8 Å². The lowest BCUT2D eigenvalue weighted by Gasteiger charge is -2.25. The van der Waals surface area contributed by atoms with Crippen LogP contribution < -0.4 is 0 Å². The SMILES string of the molecule is O=S1(=O)c2c(-c3c4ccccc4c(-c4ccc5ccccc5c4)c4ccccc34)cccc2-n2c(-c3ccc4ccccc4c3)nc3cccc1c32. The molecule has 0 unspecified atom stereocenters. The summed E-state index contributed by atoms with van der Waals surface area (Å²) in [5, 5.41) is 8.73. The van der Waals surface area contributed by atoms with E-state index in [9.17, 15) is 0 Å². The predicted octanol–water partition coefficient (Wildman–Crippen LogP) is 11.8. The first-order valence-electron chi connectivity index (χ1n) is 17.4. The molecular formula is C47H28N2O2S. The Labute approximate surface area is 299 Å². The van der Waals surface area contributed by atoms with Crippen LogP contribution in [0.15, 0.2) is 180 Å². The molecule has 52 heavy (non-hydrogen) atoms. The van der Waals surface area contributed by atoms with E-state index in [1.54, 1.807) is 12.1 Å². The van der Waals surface area contributed by atoms with Gasteiger partial charge in [0.25, 0.3) is 0 Å². The third-order valence-electron chi connectivity index (χ3n) is 10.7. The highest BCUT2D eigenvalue weighted by Gasteiger charge is 2.36. The van der Waals surface area contributed by atoms with Crippen LogP contribution in [-0.2, 0) is 9.84 Å². The average molecular weight is 685 g/mol. The van der Waals surface area contributed by atoms with Crippen LogP contribution in [0, 0.1) is 0 Å². The summed E-state index contributed by atoms with van der Waals surface area (Å²) in [6.07, 6.45) is 0. The highest BCUT2D eigenvalue weighted by Crippen LogP contribution is 2.50. The Hall–Kier alpha value is -6.56. The van der Waals surface area contributed by atoms with Crippen molar-refractivity contribution in [1.29, 1.82) is 0 Å². The second-order valence-electron chi connectivity index (χ2n) is 13.5. The van der Waals surface area contributed by atoms with E-state index >= 15 is 8.42 Å². The topological polar surface area (TPSA) is 52.0 Å². The fourth-order valence-electron chi connectivity index (χ4n) is 8.43. The van der Waals surface area contributed by atoms with E-state index in [-0.39, 0.29) is 4.90 Å². The number of imidazole rings is 1. The number of rotatable bonds is 3. The molecule has 5 heteroatoms. The maximum absolute atomic E-state index is 15.0. The quantitative estimate of drug-likeness (QED) is 0.174. The molecule has 0 fully saturated rings. The van der Waals surface area contributed by atoms with Crippen LogP contribution >= 0.6 is 0 Å². The lowest BCUT2D eigenvalue weighted by molar-refractivity contribution is 0.595. The van der Waals surface area contributed by atoms with Crippen molar-refractivity contribution in [3.63, 3.8) is 0 Å². The first-order valence-corrected chi connectivity index (χ1v) is 18.9. The number of hydrogen-bond donors (Lipinski definition) is 0. The molecule has 4 nitrogen and oxygen atoms in total. The van der Waals surface area contributed by atoms with Gasteiger partial charge in [0.05, 0.1) is 21.6 Å². The number of nitrogens with zero attached hydrogens (tertiary/aromatic N) is 2. The van der Waals surface area contributed by atoms with Crippen molar-refractivity contribution >= 4 is 64.0 Å². The van der Waals surface area contributed by atoms with Gasteiger partial charge in [-0.3, -0.25) is 4.57 Å². The molecule has 0 saturated carbocycles. The summed E-state index contributed by atoms with van der Waals surface area (Å²) in [7, 11) is -3.97. The van der Waals surface area contributed by atoms with E-state index in [2.05, 4.69) is 114 Å². The molecule has 0 spiro atoms. The molecule has 0 atom stereocenters. The number of aromatic nitrogens is 2. The first-order chi connectivity index (χ1) is 25.6. The molecule has 11 rings (SSSR count). The number of para-hydroxylation sites is 1. The maximum Gasteiger partial charge on any atom is 0.211 e. The van der Waals surface area contributed by atoms with Crippen LogP contribution in [-0.4, -0.2) is 18.0 Å². The minimum Gasteiger partial charge on any atom is -0.290 e. The molecule has 0 amide bonds. The summed E-state index contributed by atoms with van der Waals surface area (Å²) >= 11 is 0. The molecule has 0 N–H and O–H groups in total. The lowest BCUT2D eigenvalue weighted by atomic mass is 9.85. The Morgan fingerprint density at radius 1 is 0.462 bits per heavy atom. The summed E-state index contributed by atoms with van der Waals surface area (Å²) in [5.74, 6) is 0.711. The molecule has 1 aliphatic heterocycles. The zero-order chi connectivity index (χ0) is 34.6. The van der Waals surface area contributed by atoms with Crippen LogP contribution in [0.4, 0.5) is 0 Å². The number of benzene rings is 9. The van der Waals surface area contributed by atoms with E-state index in [1.807, 2.05) is 48.5 Å². The van der Waals surface area contributed by atoms with Crippen molar-refractivity contribution in [3.05, 3.63) is 170 Å². The molecule has 1 aliphatic rings. The number of hydrogen-bond acceptors (Lipinski definition) is 3.